The van der Waals surface area contributed by atoms with Gasteiger partial charge in [0.1, 0.15) is 5.69 Å². The average Bonchev–Trinajstić information content (AvgIpc) is 3.42. The molecule has 2 saturated heterocycles. The third kappa shape index (κ3) is 4.21. The molecule has 1 N–H and O–H groups in total. The third-order valence-corrected chi connectivity index (χ3v) is 11.5. The van der Waals surface area contributed by atoms with E-state index in [-0.39, 0.29) is 38.9 Å². The summed E-state index contributed by atoms with van der Waals surface area (Å²) in [6.45, 7) is 0. The lowest BCUT2D eigenvalue weighted by molar-refractivity contribution is -0.125. The number of hydrogen-bond acceptors (Lipinski definition) is 6. The first-order chi connectivity index (χ1) is 23.1. The molecule has 2 heterocycles. The molecule has 0 unspecified atom stereocenters. The number of amides is 4. The van der Waals surface area contributed by atoms with Gasteiger partial charge in [-0.05, 0) is 48.6 Å². The molecule has 7 rings (SSSR count). The SMILES string of the molecule is COc1cc([C@H]2C3=CC[C@@H]4C(=O)N(c5ccccc5)C(=O)[C@@H]4[C@@H]3C[C@@]3(Cl)C(=O)N(c4c(F)c(F)c(F)c(F)c4F)C(=O)[C@@]23Cl)cc(Cl)c1O. The zero-order chi connectivity index (χ0) is 35.5. The van der Waals surface area contributed by atoms with E-state index in [4.69, 9.17) is 39.5 Å². The number of nitrogens with zero attached hydrogens (tertiary/aromatic N) is 2. The van der Waals surface area contributed by atoms with Crippen LogP contribution < -0.4 is 14.5 Å². The number of phenolic OH excluding ortho intramolecular Hbond substituents is 1. The van der Waals surface area contributed by atoms with Crippen LogP contribution >= 0.6 is 34.8 Å². The van der Waals surface area contributed by atoms with Crippen molar-refractivity contribution in [1.29, 1.82) is 0 Å². The van der Waals surface area contributed by atoms with Crippen molar-refractivity contribution in [3.8, 4) is 11.5 Å². The number of fused-ring (bicyclic) bond motifs is 4. The smallest absolute Gasteiger partial charge is 0.258 e. The zero-order valence-electron chi connectivity index (χ0n) is 24.7. The van der Waals surface area contributed by atoms with Gasteiger partial charge in [-0.25, -0.2) is 26.9 Å². The molecule has 16 heteroatoms. The number of carbonyl (C=O) groups is 4. The lowest BCUT2D eigenvalue weighted by Crippen LogP contribution is -2.60. The average molecular weight is 742 g/mol. The van der Waals surface area contributed by atoms with Crippen LogP contribution in [-0.4, -0.2) is 45.6 Å². The minimum atomic E-state index is -2.75. The molecule has 1 saturated carbocycles. The van der Waals surface area contributed by atoms with E-state index in [1.165, 1.54) is 13.2 Å². The molecule has 8 nitrogen and oxygen atoms in total. The highest BCUT2D eigenvalue weighted by molar-refractivity contribution is 6.58. The topological polar surface area (TPSA) is 104 Å². The van der Waals surface area contributed by atoms with Crippen LogP contribution in [0.2, 0.25) is 5.02 Å². The van der Waals surface area contributed by atoms with Gasteiger partial charge in [-0.3, -0.25) is 24.1 Å². The van der Waals surface area contributed by atoms with Crippen molar-refractivity contribution >= 4 is 69.8 Å². The van der Waals surface area contributed by atoms with E-state index in [1.54, 1.807) is 36.4 Å². The van der Waals surface area contributed by atoms with Crippen LogP contribution in [0.3, 0.4) is 0 Å². The first-order valence-electron chi connectivity index (χ1n) is 14.6. The fourth-order valence-corrected chi connectivity index (χ4v) is 8.84. The fourth-order valence-electron chi connectivity index (χ4n) is 7.69. The Labute approximate surface area is 288 Å². The Morgan fingerprint density at radius 2 is 1.45 bits per heavy atom. The monoisotopic (exact) mass is 740 g/mol. The minimum Gasteiger partial charge on any atom is -0.503 e. The number of hydrogen-bond donors (Lipinski definition) is 1. The number of allylic oxidation sites excluding steroid dienone is 2. The second-order valence-corrected chi connectivity index (χ2v) is 13.7. The number of anilines is 2. The molecule has 6 atom stereocenters. The molecule has 4 amide bonds. The number of imide groups is 2. The van der Waals surface area contributed by atoms with Gasteiger partial charge in [0.05, 0.1) is 29.7 Å². The van der Waals surface area contributed by atoms with Gasteiger partial charge in [-0.15, -0.1) is 23.2 Å². The van der Waals surface area contributed by atoms with Crippen molar-refractivity contribution in [2.45, 2.75) is 28.5 Å². The summed E-state index contributed by atoms with van der Waals surface area (Å²) in [5.41, 5.74) is -1.43. The molecule has 0 aromatic heterocycles. The van der Waals surface area contributed by atoms with Gasteiger partial charge >= 0.3 is 0 Å². The van der Waals surface area contributed by atoms with E-state index in [0.29, 0.717) is 0 Å². The molecule has 2 aliphatic carbocycles. The molecule has 0 bridgehead atoms. The number of methoxy groups -OCH3 is 1. The predicted molar refractivity (Wildman–Crippen MR) is 165 cm³/mol. The van der Waals surface area contributed by atoms with Crippen LogP contribution in [-0.2, 0) is 19.2 Å². The first kappa shape index (κ1) is 33.3. The fraction of sp³-hybridized carbons (Fsp3) is 0.273. The Bertz CT molecular complexity index is 2040. The molecule has 2 aliphatic heterocycles. The lowest BCUT2D eigenvalue weighted by atomic mass is 9.56. The molecule has 0 radical (unpaired) electrons. The number of alkyl halides is 2. The zero-order valence-corrected chi connectivity index (χ0v) is 27.0. The normalized spacial score (nSPS) is 29.2. The molecule has 49 heavy (non-hydrogen) atoms. The number of phenols is 1. The molecular weight excluding hydrogens is 722 g/mol. The number of para-hydroxylation sites is 1. The van der Waals surface area contributed by atoms with Gasteiger partial charge in [-0.1, -0.05) is 41.4 Å². The van der Waals surface area contributed by atoms with Gasteiger partial charge in [0.15, 0.2) is 44.5 Å². The number of rotatable bonds is 4. The van der Waals surface area contributed by atoms with E-state index >= 15 is 8.78 Å². The molecule has 4 aliphatic rings. The van der Waals surface area contributed by atoms with E-state index in [0.717, 1.165) is 11.0 Å². The minimum absolute atomic E-state index is 0.0221. The van der Waals surface area contributed by atoms with Gasteiger partial charge in [-0.2, -0.15) is 0 Å². The second-order valence-electron chi connectivity index (χ2n) is 12.1. The number of aromatic hydroxyl groups is 1. The van der Waals surface area contributed by atoms with Crippen molar-refractivity contribution < 1.29 is 51.0 Å². The van der Waals surface area contributed by atoms with Crippen LogP contribution in [0.4, 0.5) is 33.3 Å². The van der Waals surface area contributed by atoms with Crippen LogP contribution in [0.5, 0.6) is 11.5 Å². The van der Waals surface area contributed by atoms with E-state index < -0.39 is 104 Å². The molecule has 254 valence electrons. The summed E-state index contributed by atoms with van der Waals surface area (Å²) in [4.78, 5) is 51.7. The maximum absolute atomic E-state index is 15.2. The Balaban J connectivity index is 1.46. The summed E-state index contributed by atoms with van der Waals surface area (Å²) in [5.74, 6) is -22.4. The van der Waals surface area contributed by atoms with Crippen LogP contribution in [0.25, 0.3) is 0 Å². The Morgan fingerprint density at radius 3 is 2.06 bits per heavy atom. The van der Waals surface area contributed by atoms with Crippen molar-refractivity contribution in [3.63, 3.8) is 0 Å². The first-order valence-corrected chi connectivity index (χ1v) is 15.7. The second kappa shape index (κ2) is 11.2. The molecule has 0 spiro atoms. The van der Waals surface area contributed by atoms with Gasteiger partial charge in [0.25, 0.3) is 11.8 Å². The summed E-state index contributed by atoms with van der Waals surface area (Å²) in [5, 5.41) is 10.1. The predicted octanol–water partition coefficient (Wildman–Crippen LogP) is 6.52. The van der Waals surface area contributed by atoms with E-state index in [9.17, 15) is 37.5 Å². The Kier molecular flexibility index (Phi) is 7.58. The van der Waals surface area contributed by atoms with E-state index in [2.05, 4.69) is 0 Å². The summed E-state index contributed by atoms with van der Waals surface area (Å²) in [6.07, 6.45) is 0.834. The number of ether oxygens (including phenoxy) is 1. The quantitative estimate of drug-likeness (QED) is 0.0817. The number of benzene rings is 3. The van der Waals surface area contributed by atoms with Crippen molar-refractivity contribution in [2.75, 3.05) is 16.9 Å². The highest BCUT2D eigenvalue weighted by Gasteiger charge is 2.77. The molecule has 3 aromatic rings. The summed E-state index contributed by atoms with van der Waals surface area (Å²) in [6, 6.07) is 10.4. The van der Waals surface area contributed by atoms with Crippen molar-refractivity contribution in [3.05, 3.63) is 93.8 Å². The Morgan fingerprint density at radius 1 is 0.837 bits per heavy atom. The third-order valence-electron chi connectivity index (χ3n) is 9.84. The van der Waals surface area contributed by atoms with Gasteiger partial charge in [0, 0.05) is 5.92 Å². The largest absolute Gasteiger partial charge is 0.503 e. The number of carbonyl (C=O) groups excluding carboxylic acids is 4. The summed E-state index contributed by atoms with van der Waals surface area (Å²) < 4.78 is 78.5. The lowest BCUT2D eigenvalue weighted by Gasteiger charge is -2.50. The number of halogens is 8. The molecule has 3 fully saturated rings. The summed E-state index contributed by atoms with van der Waals surface area (Å²) >= 11 is 20.5. The molecular formula is C33H20Cl3F5N2O6. The van der Waals surface area contributed by atoms with Crippen molar-refractivity contribution in [2.24, 2.45) is 17.8 Å². The van der Waals surface area contributed by atoms with Gasteiger partial charge in [0.2, 0.25) is 17.6 Å². The Hall–Kier alpha value is -4.20. The van der Waals surface area contributed by atoms with Crippen LogP contribution in [0, 0.1) is 46.8 Å². The maximum atomic E-state index is 15.2. The molecule has 3 aromatic carbocycles. The van der Waals surface area contributed by atoms with E-state index in [1.807, 2.05) is 0 Å². The van der Waals surface area contributed by atoms with Crippen molar-refractivity contribution in [1.82, 2.24) is 0 Å². The summed E-state index contributed by atoms with van der Waals surface area (Å²) in [7, 11) is 1.18. The van der Waals surface area contributed by atoms with Crippen LogP contribution in [0.1, 0.15) is 24.3 Å². The maximum Gasteiger partial charge on any atom is 0.258 e. The standard InChI is InChI=1S/C33H20Cl3F5N2O6/c1-49-18-10-12(9-17(34)27(18)44)20-14-7-8-15-19(29(46)42(28(15)45)13-5-3-2-4-6-13)16(14)11-32(35)30(47)43(31(48)33(20,32)36)26-24(40)22(38)21(37)23(39)25(26)41/h2-7,9-10,15-16,19-20,44H,8,11H2,1H3/t15-,16+,19-,20-,32+,33-/m0/s1. The highest BCUT2D eigenvalue weighted by atomic mass is 35.5. The van der Waals surface area contributed by atoms with Crippen LogP contribution in [0.15, 0.2) is 54.1 Å². The van der Waals surface area contributed by atoms with Gasteiger partial charge < -0.3 is 9.84 Å². The highest BCUT2D eigenvalue weighted by Crippen LogP contribution is 2.66.